The van der Waals surface area contributed by atoms with Crippen molar-refractivity contribution in [1.82, 2.24) is 0 Å². The minimum Gasteiger partial charge on any atom is -0.458 e. The fraction of sp³-hybridized carbons (Fsp3) is 0.778. The van der Waals surface area contributed by atoms with Crippen molar-refractivity contribution < 1.29 is 45.6 Å². The zero-order valence-corrected chi connectivity index (χ0v) is 20.9. The Hall–Kier alpha value is -1.13. The summed E-state index contributed by atoms with van der Waals surface area (Å²) in [5, 5.41) is 0. The fourth-order valence-electron chi connectivity index (χ4n) is 2.37. The van der Waals surface area contributed by atoms with Gasteiger partial charge in [-0.3, -0.25) is 0 Å². The van der Waals surface area contributed by atoms with Gasteiger partial charge in [0, 0.05) is 51.8 Å². The molecule has 0 aliphatic heterocycles. The second-order valence-electron chi connectivity index (χ2n) is 5.51. The van der Waals surface area contributed by atoms with E-state index in [1.807, 2.05) is 0 Å². The van der Waals surface area contributed by atoms with Gasteiger partial charge in [-0.05, 0) is 41.5 Å². The van der Waals surface area contributed by atoms with Crippen molar-refractivity contribution in [1.29, 1.82) is 0 Å². The summed E-state index contributed by atoms with van der Waals surface area (Å²) < 4.78 is 43.9. The molecular weight excluding hydrogens is 432 g/mol. The Morgan fingerprint density at radius 3 is 0.967 bits per heavy atom. The molecule has 0 N–H and O–H groups in total. The Balaban J connectivity index is 4.79. The first-order valence-electron chi connectivity index (χ1n) is 10.2. The maximum Gasteiger partial charge on any atom is 0.540 e. The summed E-state index contributed by atoms with van der Waals surface area (Å²) in [6.45, 7) is 12.9. The lowest BCUT2D eigenvalue weighted by atomic mass is 10.5. The van der Waals surface area contributed by atoms with Crippen LogP contribution in [0.1, 0.15) is 41.5 Å². The van der Waals surface area contributed by atoms with Crippen LogP contribution in [0.4, 0.5) is 0 Å². The second kappa shape index (κ2) is 16.6. The van der Waals surface area contributed by atoms with E-state index in [4.69, 9.17) is 36.0 Å². The first kappa shape index (κ1) is 28.9. The van der Waals surface area contributed by atoms with E-state index in [0.717, 1.165) is 12.2 Å². The highest BCUT2D eigenvalue weighted by molar-refractivity contribution is 6.61. The monoisotopic (exact) mass is 468 g/mol. The molecule has 176 valence electrons. The van der Waals surface area contributed by atoms with Gasteiger partial charge in [0.2, 0.25) is 0 Å². The normalized spacial score (nSPS) is 12.3. The summed E-state index contributed by atoms with van der Waals surface area (Å²) in [7, 11) is -6.24. The zero-order valence-electron chi connectivity index (χ0n) is 18.9. The van der Waals surface area contributed by atoms with E-state index in [9.17, 15) is 9.59 Å². The molecule has 0 unspecified atom stereocenters. The average Bonchev–Trinajstić information content (AvgIpc) is 2.70. The van der Waals surface area contributed by atoms with Crippen LogP contribution in [0.15, 0.2) is 12.2 Å². The summed E-state index contributed by atoms with van der Waals surface area (Å²) in [5.74, 6) is -1.49. The average molecular weight is 469 g/mol. The van der Waals surface area contributed by atoms with E-state index >= 15 is 0 Å². The molecule has 0 saturated heterocycles. The second-order valence-corrected chi connectivity index (χ2v) is 10.6. The van der Waals surface area contributed by atoms with Gasteiger partial charge in [0.05, 0.1) is 0 Å². The van der Waals surface area contributed by atoms with Crippen molar-refractivity contribution in [3.05, 3.63) is 12.2 Å². The van der Waals surface area contributed by atoms with Crippen molar-refractivity contribution in [2.45, 2.75) is 41.5 Å². The first-order chi connectivity index (χ1) is 14.4. The molecule has 0 spiro atoms. The van der Waals surface area contributed by atoms with Crippen molar-refractivity contribution in [2.75, 3.05) is 52.1 Å². The van der Waals surface area contributed by atoms with E-state index in [1.165, 1.54) is 0 Å². The Kier molecular flexibility index (Phi) is 15.9. The smallest absolute Gasteiger partial charge is 0.458 e. The fourth-order valence-corrected chi connectivity index (χ4v) is 6.65. The standard InChI is InChI=1S/C18H36O10Si2/c1-7-23-29(24-8-2,25-9-3)15-21-17(19)13-14-18(20)22-16-30(26-10-4,27-11-5)28-12-6/h13-14H,7-12,15-16H2,1-6H3. The van der Waals surface area contributed by atoms with E-state index in [1.54, 1.807) is 41.5 Å². The van der Waals surface area contributed by atoms with Gasteiger partial charge < -0.3 is 36.0 Å². The van der Waals surface area contributed by atoms with Crippen LogP contribution in [0.25, 0.3) is 0 Å². The maximum absolute atomic E-state index is 12.0. The highest BCUT2D eigenvalue weighted by atomic mass is 28.4. The van der Waals surface area contributed by atoms with Crippen LogP contribution in [0, 0.1) is 0 Å². The summed E-state index contributed by atoms with van der Waals surface area (Å²) >= 11 is 0. The molecule has 30 heavy (non-hydrogen) atoms. The maximum atomic E-state index is 12.0. The Morgan fingerprint density at radius 1 is 0.533 bits per heavy atom. The summed E-state index contributed by atoms with van der Waals surface area (Å²) in [6, 6.07) is 0. The number of esters is 2. The molecule has 0 bridgehead atoms. The molecule has 12 heteroatoms. The molecule has 0 amide bonds. The number of ether oxygens (including phenoxy) is 2. The van der Waals surface area contributed by atoms with Crippen LogP contribution in [0.2, 0.25) is 0 Å². The minimum absolute atomic E-state index is 0.157. The molecule has 0 atom stereocenters. The van der Waals surface area contributed by atoms with Gasteiger partial charge in [0.15, 0.2) is 12.5 Å². The summed E-state index contributed by atoms with van der Waals surface area (Å²) in [6.07, 6.45) is 1.62. The molecule has 0 rings (SSSR count). The lowest BCUT2D eigenvalue weighted by Crippen LogP contribution is -2.51. The van der Waals surface area contributed by atoms with Crippen molar-refractivity contribution >= 4 is 29.5 Å². The molecule has 0 heterocycles. The molecule has 0 aromatic carbocycles. The van der Waals surface area contributed by atoms with E-state index < -0.39 is 29.5 Å². The van der Waals surface area contributed by atoms with Crippen molar-refractivity contribution in [2.24, 2.45) is 0 Å². The third-order valence-electron chi connectivity index (χ3n) is 3.32. The lowest BCUT2D eigenvalue weighted by molar-refractivity contribution is -0.140. The molecule has 0 aromatic heterocycles. The highest BCUT2D eigenvalue weighted by Crippen LogP contribution is 2.12. The molecule has 0 fully saturated rings. The van der Waals surface area contributed by atoms with Gasteiger partial charge in [0.1, 0.15) is 0 Å². The van der Waals surface area contributed by atoms with Gasteiger partial charge >= 0.3 is 29.5 Å². The third-order valence-corrected chi connectivity index (χ3v) is 8.69. The van der Waals surface area contributed by atoms with E-state index in [0.29, 0.717) is 39.6 Å². The predicted molar refractivity (Wildman–Crippen MR) is 112 cm³/mol. The van der Waals surface area contributed by atoms with Crippen LogP contribution in [-0.4, -0.2) is 81.6 Å². The van der Waals surface area contributed by atoms with E-state index in [2.05, 4.69) is 0 Å². The van der Waals surface area contributed by atoms with Gasteiger partial charge in [-0.1, -0.05) is 0 Å². The van der Waals surface area contributed by atoms with Gasteiger partial charge in [-0.15, -0.1) is 0 Å². The van der Waals surface area contributed by atoms with Crippen LogP contribution < -0.4 is 0 Å². The number of hydrogen-bond donors (Lipinski definition) is 0. The summed E-state index contributed by atoms with van der Waals surface area (Å²) in [5.41, 5.74) is 0. The van der Waals surface area contributed by atoms with Crippen molar-refractivity contribution in [3.8, 4) is 0 Å². The summed E-state index contributed by atoms with van der Waals surface area (Å²) in [4.78, 5) is 24.0. The van der Waals surface area contributed by atoms with Gasteiger partial charge in [0.25, 0.3) is 0 Å². The molecule has 0 aliphatic rings. The quantitative estimate of drug-likeness (QED) is 0.168. The van der Waals surface area contributed by atoms with Crippen LogP contribution in [0.3, 0.4) is 0 Å². The molecule has 0 aliphatic carbocycles. The topological polar surface area (TPSA) is 108 Å². The van der Waals surface area contributed by atoms with Gasteiger partial charge in [-0.25, -0.2) is 9.59 Å². The molecule has 10 nitrogen and oxygen atoms in total. The lowest BCUT2D eigenvalue weighted by Gasteiger charge is -2.27. The first-order valence-corrected chi connectivity index (χ1v) is 14.1. The van der Waals surface area contributed by atoms with E-state index in [-0.39, 0.29) is 12.5 Å². The Morgan fingerprint density at radius 2 is 0.767 bits per heavy atom. The highest BCUT2D eigenvalue weighted by Gasteiger charge is 2.43. The zero-order chi connectivity index (χ0) is 22.9. The van der Waals surface area contributed by atoms with Crippen LogP contribution >= 0.6 is 0 Å². The SMILES string of the molecule is CCO[Si](COC(=O)C=CC(=O)OC[Si](OCC)(OCC)OCC)(OCC)OCC. The van der Waals surface area contributed by atoms with Crippen LogP contribution in [0.5, 0.6) is 0 Å². The number of carbonyl (C=O) groups is 2. The predicted octanol–water partition coefficient (Wildman–Crippen LogP) is 1.80. The molecular formula is C18H36O10Si2. The number of rotatable bonds is 18. The van der Waals surface area contributed by atoms with Crippen LogP contribution in [-0.2, 0) is 45.6 Å². The Labute approximate surface area is 181 Å². The Bertz CT molecular complexity index is 437. The van der Waals surface area contributed by atoms with Gasteiger partial charge in [-0.2, -0.15) is 0 Å². The number of carbonyl (C=O) groups excluding carboxylic acids is 2. The van der Waals surface area contributed by atoms with Crippen molar-refractivity contribution in [3.63, 3.8) is 0 Å². The number of hydrogen-bond acceptors (Lipinski definition) is 10. The molecule has 0 radical (unpaired) electrons. The third kappa shape index (κ3) is 11.3. The minimum atomic E-state index is -3.12. The molecule has 0 aromatic rings. The molecule has 0 saturated carbocycles. The largest absolute Gasteiger partial charge is 0.540 e.